The van der Waals surface area contributed by atoms with Crippen LogP contribution in [0.1, 0.15) is 13.3 Å². The Kier molecular flexibility index (Phi) is 1.90. The van der Waals surface area contributed by atoms with Crippen molar-refractivity contribution < 1.29 is 13.2 Å². The Labute approximate surface area is 57.8 Å². The van der Waals surface area contributed by atoms with Gasteiger partial charge in [-0.15, -0.1) is 0 Å². The molecule has 0 aromatic rings. The minimum absolute atomic E-state index is 0.598. The monoisotopic (exact) mass is 153 g/mol. The van der Waals surface area contributed by atoms with Gasteiger partial charge in [-0.05, 0) is 26.4 Å². The van der Waals surface area contributed by atoms with Gasteiger partial charge in [-0.2, -0.15) is 13.2 Å². The number of likely N-dealkylation sites (tertiary alicyclic amines) is 1. The Morgan fingerprint density at radius 3 is 1.90 bits per heavy atom. The summed E-state index contributed by atoms with van der Waals surface area (Å²) in [7, 11) is 0. The molecule has 60 valence electrons. The van der Waals surface area contributed by atoms with Crippen molar-refractivity contribution in [3.63, 3.8) is 0 Å². The van der Waals surface area contributed by atoms with E-state index < -0.39 is 12.2 Å². The molecular weight excluding hydrogens is 143 g/mol. The van der Waals surface area contributed by atoms with Gasteiger partial charge in [-0.25, -0.2) is 0 Å². The van der Waals surface area contributed by atoms with Crippen LogP contribution in [0.5, 0.6) is 0 Å². The van der Waals surface area contributed by atoms with E-state index in [1.807, 2.05) is 0 Å². The minimum atomic E-state index is -4.04. The van der Waals surface area contributed by atoms with E-state index in [0.29, 0.717) is 13.1 Å². The normalized spacial score (nSPS) is 24.0. The van der Waals surface area contributed by atoms with Gasteiger partial charge in [0, 0.05) is 0 Å². The van der Waals surface area contributed by atoms with E-state index in [1.165, 1.54) is 11.8 Å². The first kappa shape index (κ1) is 7.85. The number of hydrogen-bond donors (Lipinski definition) is 0. The maximum Gasteiger partial charge on any atom is 0.403 e. The van der Waals surface area contributed by atoms with E-state index >= 15 is 0 Å². The molecule has 0 aliphatic carbocycles. The molecule has 0 N–H and O–H groups in total. The topological polar surface area (TPSA) is 3.24 Å². The molecule has 1 aliphatic heterocycles. The van der Waals surface area contributed by atoms with Crippen molar-refractivity contribution >= 4 is 0 Å². The highest BCUT2D eigenvalue weighted by molar-refractivity contribution is 4.79. The maximum absolute atomic E-state index is 11.9. The predicted molar refractivity (Wildman–Crippen MR) is 31.7 cm³/mol. The zero-order valence-corrected chi connectivity index (χ0v) is 5.78. The van der Waals surface area contributed by atoms with Crippen LogP contribution in [0, 0.1) is 0 Å². The molecule has 0 spiro atoms. The Hall–Kier alpha value is -0.250. The van der Waals surface area contributed by atoms with Gasteiger partial charge in [0.15, 0.2) is 0 Å². The molecule has 0 unspecified atom stereocenters. The van der Waals surface area contributed by atoms with Crippen molar-refractivity contribution in [3.05, 3.63) is 0 Å². The maximum atomic E-state index is 11.9. The predicted octanol–water partition coefficient (Wildman–Crippen LogP) is 1.64. The summed E-state index contributed by atoms with van der Waals surface area (Å²) >= 11 is 0. The first-order valence-electron chi connectivity index (χ1n) is 3.32. The first-order chi connectivity index (χ1) is 4.52. The SMILES string of the molecule is C[C@H](N1CCC1)C(F)(F)F. The lowest BCUT2D eigenvalue weighted by molar-refractivity contribution is -0.187. The van der Waals surface area contributed by atoms with E-state index in [4.69, 9.17) is 0 Å². The molecule has 0 saturated carbocycles. The number of rotatable bonds is 1. The van der Waals surface area contributed by atoms with Crippen LogP contribution in [0.25, 0.3) is 0 Å². The molecule has 1 saturated heterocycles. The summed E-state index contributed by atoms with van der Waals surface area (Å²) in [5.74, 6) is 0. The van der Waals surface area contributed by atoms with Gasteiger partial charge in [0.25, 0.3) is 0 Å². The summed E-state index contributed by atoms with van der Waals surface area (Å²) in [6.45, 7) is 2.40. The smallest absolute Gasteiger partial charge is 0.292 e. The molecule has 1 aliphatic rings. The van der Waals surface area contributed by atoms with E-state index in [0.717, 1.165) is 6.42 Å². The molecule has 0 radical (unpaired) electrons. The number of hydrogen-bond acceptors (Lipinski definition) is 1. The molecule has 0 aromatic heterocycles. The Balaban J connectivity index is 2.39. The van der Waals surface area contributed by atoms with Crippen LogP contribution >= 0.6 is 0 Å². The molecular formula is C6H10F3N. The zero-order chi connectivity index (χ0) is 7.78. The third-order valence-electron chi connectivity index (χ3n) is 1.91. The van der Waals surface area contributed by atoms with Crippen molar-refractivity contribution in [2.45, 2.75) is 25.6 Å². The van der Waals surface area contributed by atoms with E-state index in [-0.39, 0.29) is 0 Å². The lowest BCUT2D eigenvalue weighted by atomic mass is 10.1. The highest BCUT2D eigenvalue weighted by Crippen LogP contribution is 2.27. The molecule has 0 aromatic carbocycles. The van der Waals surface area contributed by atoms with Gasteiger partial charge >= 0.3 is 6.18 Å². The van der Waals surface area contributed by atoms with Crippen LogP contribution in [-0.4, -0.2) is 30.2 Å². The van der Waals surface area contributed by atoms with Crippen molar-refractivity contribution in [1.82, 2.24) is 4.90 Å². The number of nitrogens with zero attached hydrogens (tertiary/aromatic N) is 1. The minimum Gasteiger partial charge on any atom is -0.292 e. The molecule has 0 bridgehead atoms. The zero-order valence-electron chi connectivity index (χ0n) is 5.78. The van der Waals surface area contributed by atoms with Gasteiger partial charge in [-0.3, -0.25) is 4.90 Å². The fraction of sp³-hybridized carbons (Fsp3) is 1.00. The number of alkyl halides is 3. The van der Waals surface area contributed by atoms with Crippen LogP contribution in [-0.2, 0) is 0 Å². The summed E-state index contributed by atoms with van der Waals surface area (Å²) in [4.78, 5) is 1.43. The first-order valence-corrected chi connectivity index (χ1v) is 3.32. The van der Waals surface area contributed by atoms with E-state index in [2.05, 4.69) is 0 Å². The van der Waals surface area contributed by atoms with Crippen LogP contribution in [0.2, 0.25) is 0 Å². The molecule has 1 fully saturated rings. The van der Waals surface area contributed by atoms with Gasteiger partial charge < -0.3 is 0 Å². The van der Waals surface area contributed by atoms with Gasteiger partial charge in [0.1, 0.15) is 6.04 Å². The Morgan fingerprint density at radius 1 is 1.30 bits per heavy atom. The molecule has 1 rings (SSSR count). The van der Waals surface area contributed by atoms with Crippen LogP contribution in [0.15, 0.2) is 0 Å². The third-order valence-corrected chi connectivity index (χ3v) is 1.91. The van der Waals surface area contributed by atoms with Crippen molar-refractivity contribution in [1.29, 1.82) is 0 Å². The second-order valence-electron chi connectivity index (χ2n) is 2.61. The quantitative estimate of drug-likeness (QED) is 0.553. The molecule has 1 nitrogen and oxygen atoms in total. The summed E-state index contributed by atoms with van der Waals surface area (Å²) in [6, 6.07) is -1.25. The Morgan fingerprint density at radius 2 is 1.80 bits per heavy atom. The average molecular weight is 153 g/mol. The van der Waals surface area contributed by atoms with Gasteiger partial charge in [0.05, 0.1) is 0 Å². The van der Waals surface area contributed by atoms with Crippen molar-refractivity contribution in [3.8, 4) is 0 Å². The van der Waals surface area contributed by atoms with Crippen molar-refractivity contribution in [2.24, 2.45) is 0 Å². The molecule has 10 heavy (non-hydrogen) atoms. The molecule has 1 atom stereocenters. The third kappa shape index (κ3) is 1.42. The number of halogens is 3. The average Bonchev–Trinajstić information content (AvgIpc) is 1.57. The van der Waals surface area contributed by atoms with E-state index in [9.17, 15) is 13.2 Å². The molecule has 0 amide bonds. The molecule has 4 heteroatoms. The van der Waals surface area contributed by atoms with Gasteiger partial charge in [-0.1, -0.05) is 0 Å². The fourth-order valence-electron chi connectivity index (χ4n) is 0.935. The molecule has 1 heterocycles. The van der Waals surface area contributed by atoms with Crippen molar-refractivity contribution in [2.75, 3.05) is 13.1 Å². The fourth-order valence-corrected chi connectivity index (χ4v) is 0.935. The Bertz CT molecular complexity index is 117. The highest BCUT2D eigenvalue weighted by atomic mass is 19.4. The lowest BCUT2D eigenvalue weighted by Crippen LogP contribution is -2.50. The van der Waals surface area contributed by atoms with E-state index in [1.54, 1.807) is 0 Å². The van der Waals surface area contributed by atoms with Gasteiger partial charge in [0.2, 0.25) is 0 Å². The summed E-state index contributed by atoms with van der Waals surface area (Å²) in [6.07, 6.45) is -3.14. The van der Waals surface area contributed by atoms with Crippen LogP contribution < -0.4 is 0 Å². The summed E-state index contributed by atoms with van der Waals surface area (Å²) in [5, 5.41) is 0. The van der Waals surface area contributed by atoms with Crippen LogP contribution in [0.3, 0.4) is 0 Å². The summed E-state index contributed by atoms with van der Waals surface area (Å²) < 4.78 is 35.6. The second kappa shape index (κ2) is 2.42. The highest BCUT2D eigenvalue weighted by Gasteiger charge is 2.41. The van der Waals surface area contributed by atoms with Crippen LogP contribution in [0.4, 0.5) is 13.2 Å². The second-order valence-corrected chi connectivity index (χ2v) is 2.61. The summed E-state index contributed by atoms with van der Waals surface area (Å²) in [5.41, 5.74) is 0. The lowest BCUT2D eigenvalue weighted by Gasteiger charge is -2.37. The standard InChI is InChI=1S/C6H10F3N/c1-5(6(7,8)9)10-3-2-4-10/h5H,2-4H2,1H3/t5-/m0/s1. The largest absolute Gasteiger partial charge is 0.403 e.